The Hall–Kier alpha value is -1.18. The Kier molecular flexibility index (Phi) is 5.49. The number of anilines is 3. The van der Waals surface area contributed by atoms with E-state index in [-0.39, 0.29) is 42.4 Å². The molecule has 110 valence electrons. The van der Waals surface area contributed by atoms with Crippen molar-refractivity contribution in [1.29, 1.82) is 0 Å². The molecule has 0 spiro atoms. The van der Waals surface area contributed by atoms with Crippen LogP contribution in [0.2, 0.25) is 0 Å². The number of halogens is 2. The highest BCUT2D eigenvalue weighted by molar-refractivity contribution is 5.85. The molecule has 7 nitrogen and oxygen atoms in total. The summed E-state index contributed by atoms with van der Waals surface area (Å²) >= 11 is 0. The summed E-state index contributed by atoms with van der Waals surface area (Å²) in [5.41, 5.74) is 5.01. The van der Waals surface area contributed by atoms with Gasteiger partial charge in [0.25, 0.3) is 5.56 Å². The molecule has 0 bridgehead atoms. The molecule has 2 rings (SSSR count). The third-order valence-corrected chi connectivity index (χ3v) is 2.94. The Balaban J connectivity index is 0.00000162. The molecule has 1 aromatic heterocycles. The van der Waals surface area contributed by atoms with Gasteiger partial charge in [-0.25, -0.2) is 0 Å². The van der Waals surface area contributed by atoms with Crippen LogP contribution >= 0.6 is 24.8 Å². The summed E-state index contributed by atoms with van der Waals surface area (Å²) in [7, 11) is 0. The number of hydrogen-bond acceptors (Lipinski definition) is 6. The Morgan fingerprint density at radius 3 is 2.53 bits per heavy atom. The fourth-order valence-electron chi connectivity index (χ4n) is 2.16. The van der Waals surface area contributed by atoms with Gasteiger partial charge in [0.1, 0.15) is 5.69 Å². The minimum atomic E-state index is -0.609. The van der Waals surface area contributed by atoms with E-state index < -0.39 is 11.6 Å². The first-order valence-corrected chi connectivity index (χ1v) is 5.44. The molecule has 0 fully saturated rings. The number of nitrogens with two attached hydrogens (primary N) is 1. The number of H-pyrrole nitrogens is 1. The number of aromatic amines is 1. The number of fused-ring (bicyclic) bond motifs is 1. The minimum absolute atomic E-state index is 0. The van der Waals surface area contributed by atoms with Crippen molar-refractivity contribution in [2.45, 2.75) is 38.5 Å². The molecule has 1 aliphatic heterocycles. The third-order valence-electron chi connectivity index (χ3n) is 2.94. The zero-order valence-corrected chi connectivity index (χ0v) is 12.5. The molecule has 6 N–H and O–H groups in total. The fraction of sp³-hybridized carbons (Fsp3) is 0.600. The van der Waals surface area contributed by atoms with E-state index in [0.29, 0.717) is 11.5 Å². The van der Waals surface area contributed by atoms with Gasteiger partial charge in [-0.15, -0.1) is 24.8 Å². The van der Waals surface area contributed by atoms with Gasteiger partial charge >= 0.3 is 0 Å². The van der Waals surface area contributed by atoms with Crippen molar-refractivity contribution >= 4 is 42.3 Å². The molecule has 2 unspecified atom stereocenters. The van der Waals surface area contributed by atoms with E-state index in [1.165, 1.54) is 0 Å². The number of nitrogen functional groups attached to an aromatic ring is 1. The average molecular weight is 312 g/mol. The lowest BCUT2D eigenvalue weighted by Gasteiger charge is -2.42. The van der Waals surface area contributed by atoms with Crippen molar-refractivity contribution in [2.75, 3.05) is 16.4 Å². The summed E-state index contributed by atoms with van der Waals surface area (Å²) in [6.07, 6.45) is -0.609. The molecule has 2 atom stereocenters. The summed E-state index contributed by atoms with van der Waals surface area (Å²) in [6, 6.07) is -0.290. The van der Waals surface area contributed by atoms with Crippen LogP contribution in [0.3, 0.4) is 0 Å². The molecule has 0 amide bonds. The topological polar surface area (TPSA) is 116 Å². The van der Waals surface area contributed by atoms with E-state index >= 15 is 0 Å². The summed E-state index contributed by atoms with van der Waals surface area (Å²) in [4.78, 5) is 18.1. The number of nitrogens with one attached hydrogen (secondary N) is 3. The Bertz CT molecular complexity index is 503. The second-order valence-electron chi connectivity index (χ2n) is 4.88. The zero-order valence-electron chi connectivity index (χ0n) is 10.9. The van der Waals surface area contributed by atoms with Gasteiger partial charge in [0.15, 0.2) is 5.82 Å². The van der Waals surface area contributed by atoms with E-state index in [0.717, 1.165) is 0 Å². The van der Waals surface area contributed by atoms with Crippen molar-refractivity contribution in [3.05, 3.63) is 10.4 Å². The number of nitrogens with zero attached hydrogens (tertiary/aromatic N) is 1. The largest absolute Gasteiger partial charge is 0.391 e. The number of hydrogen-bond donors (Lipinski definition) is 5. The van der Waals surface area contributed by atoms with Crippen molar-refractivity contribution in [2.24, 2.45) is 0 Å². The zero-order chi connectivity index (χ0) is 12.8. The van der Waals surface area contributed by atoms with E-state index in [2.05, 4.69) is 20.6 Å². The van der Waals surface area contributed by atoms with Crippen molar-refractivity contribution in [1.82, 2.24) is 9.97 Å². The predicted octanol–water partition coefficient (Wildman–Crippen LogP) is 0.561. The lowest BCUT2D eigenvalue weighted by Crippen LogP contribution is -2.57. The SMILES string of the molecule is CC(O)C1Nc2c(nc(N)[nH]c2=O)NC1(C)C.Cl.Cl. The van der Waals surface area contributed by atoms with E-state index in [4.69, 9.17) is 5.73 Å². The van der Waals surface area contributed by atoms with Gasteiger partial charge < -0.3 is 21.5 Å². The summed E-state index contributed by atoms with van der Waals surface area (Å²) in [5, 5.41) is 15.8. The summed E-state index contributed by atoms with van der Waals surface area (Å²) < 4.78 is 0. The van der Waals surface area contributed by atoms with Gasteiger partial charge in [-0.05, 0) is 20.8 Å². The highest BCUT2D eigenvalue weighted by Crippen LogP contribution is 2.30. The quantitative estimate of drug-likeness (QED) is 0.517. The predicted molar refractivity (Wildman–Crippen MR) is 80.6 cm³/mol. The monoisotopic (exact) mass is 311 g/mol. The van der Waals surface area contributed by atoms with Crippen LogP contribution in [-0.2, 0) is 0 Å². The molecule has 9 heteroatoms. The molecule has 0 aliphatic carbocycles. The van der Waals surface area contributed by atoms with Crippen molar-refractivity contribution in [3.8, 4) is 0 Å². The van der Waals surface area contributed by atoms with Crippen LogP contribution in [0.15, 0.2) is 4.79 Å². The highest BCUT2D eigenvalue weighted by Gasteiger charge is 2.39. The molecule has 1 aromatic rings. The van der Waals surface area contributed by atoms with Crippen LogP contribution in [0.1, 0.15) is 20.8 Å². The molecule has 0 radical (unpaired) electrons. The second kappa shape index (κ2) is 5.85. The number of aromatic nitrogens is 2. The normalized spacial score (nSPS) is 20.7. The van der Waals surface area contributed by atoms with Crippen molar-refractivity contribution < 1.29 is 5.11 Å². The number of rotatable bonds is 1. The Morgan fingerprint density at radius 2 is 2.00 bits per heavy atom. The average Bonchev–Trinajstić information content (AvgIpc) is 2.13. The molecular formula is C10H19Cl2N5O2. The van der Waals surface area contributed by atoms with Gasteiger partial charge in [0, 0.05) is 0 Å². The van der Waals surface area contributed by atoms with Crippen LogP contribution in [0, 0.1) is 0 Å². The molecule has 0 saturated heterocycles. The first-order valence-electron chi connectivity index (χ1n) is 5.44. The molecule has 1 aliphatic rings. The summed E-state index contributed by atoms with van der Waals surface area (Å²) in [5.74, 6) is 0.475. The van der Waals surface area contributed by atoms with E-state index in [9.17, 15) is 9.90 Å². The van der Waals surface area contributed by atoms with Gasteiger partial charge in [-0.3, -0.25) is 9.78 Å². The molecule has 0 saturated carbocycles. The lowest BCUT2D eigenvalue weighted by atomic mass is 9.88. The Labute approximate surface area is 123 Å². The van der Waals surface area contributed by atoms with Crippen LogP contribution in [0.5, 0.6) is 0 Å². The lowest BCUT2D eigenvalue weighted by molar-refractivity contribution is 0.145. The van der Waals surface area contributed by atoms with E-state index in [1.54, 1.807) is 6.92 Å². The highest BCUT2D eigenvalue weighted by atomic mass is 35.5. The molecule has 0 aromatic carbocycles. The smallest absolute Gasteiger partial charge is 0.277 e. The molecule has 2 heterocycles. The van der Waals surface area contributed by atoms with E-state index in [1.807, 2.05) is 13.8 Å². The Morgan fingerprint density at radius 1 is 1.42 bits per heavy atom. The minimum Gasteiger partial charge on any atom is -0.391 e. The van der Waals surface area contributed by atoms with Gasteiger partial charge in [-0.1, -0.05) is 0 Å². The number of aliphatic hydroxyl groups is 1. The van der Waals surface area contributed by atoms with Gasteiger partial charge in [0.05, 0.1) is 17.7 Å². The van der Waals surface area contributed by atoms with Crippen molar-refractivity contribution in [3.63, 3.8) is 0 Å². The van der Waals surface area contributed by atoms with Crippen LogP contribution in [-0.4, -0.2) is 32.8 Å². The van der Waals surface area contributed by atoms with Gasteiger partial charge in [0.2, 0.25) is 5.95 Å². The summed E-state index contributed by atoms with van der Waals surface area (Å²) in [6.45, 7) is 5.50. The van der Waals surface area contributed by atoms with Gasteiger partial charge in [-0.2, -0.15) is 4.98 Å². The second-order valence-corrected chi connectivity index (χ2v) is 4.88. The third kappa shape index (κ3) is 3.23. The molecular weight excluding hydrogens is 293 g/mol. The molecule has 19 heavy (non-hydrogen) atoms. The first kappa shape index (κ1) is 17.8. The fourth-order valence-corrected chi connectivity index (χ4v) is 2.16. The van der Waals surface area contributed by atoms with Crippen LogP contribution in [0.4, 0.5) is 17.5 Å². The number of aliphatic hydroxyl groups excluding tert-OH is 1. The first-order chi connectivity index (χ1) is 7.81. The maximum atomic E-state index is 11.7. The standard InChI is InChI=1S/C10H17N5O2.2ClH/c1-4(16)6-10(2,3)15-7-5(12-6)8(17)14-9(11)13-7;;/h4,6,12,16H,1-3H3,(H4,11,13,14,15,17);2*1H. The maximum Gasteiger partial charge on any atom is 0.277 e. The van der Waals surface area contributed by atoms with Crippen LogP contribution < -0.4 is 21.9 Å². The maximum absolute atomic E-state index is 11.7. The van der Waals surface area contributed by atoms with Crippen LogP contribution in [0.25, 0.3) is 0 Å².